The molecule has 1 aromatic rings. The molecule has 0 aliphatic carbocycles. The van der Waals surface area contributed by atoms with E-state index in [1.165, 1.54) is 0 Å². The lowest BCUT2D eigenvalue weighted by molar-refractivity contribution is 0.0146. The predicted octanol–water partition coefficient (Wildman–Crippen LogP) is 1.62. The molecule has 1 aliphatic heterocycles. The first-order valence-corrected chi connectivity index (χ1v) is 7.39. The topological polar surface area (TPSA) is 66.5 Å². The zero-order valence-corrected chi connectivity index (χ0v) is 12.9. The first kappa shape index (κ1) is 15.7. The van der Waals surface area contributed by atoms with Crippen LogP contribution in [0.1, 0.15) is 19.5 Å². The van der Waals surface area contributed by atoms with E-state index in [2.05, 4.69) is 27.4 Å². The third kappa shape index (κ3) is 4.68. The number of anilines is 1. The largest absolute Gasteiger partial charge is 0.379 e. The summed E-state index contributed by atoms with van der Waals surface area (Å²) in [5.74, 6) is 0.568. The number of ether oxygens (including phenoxy) is 1. The molecule has 0 saturated carbocycles. The van der Waals surface area contributed by atoms with E-state index in [1.54, 1.807) is 6.07 Å². The van der Waals surface area contributed by atoms with Gasteiger partial charge in [-0.25, -0.2) is 9.78 Å². The number of amides is 2. The van der Waals surface area contributed by atoms with Crippen LogP contribution >= 0.6 is 0 Å². The first-order chi connectivity index (χ1) is 10.1. The fourth-order valence-electron chi connectivity index (χ4n) is 2.39. The Kier molecular flexibility index (Phi) is 5.52. The number of morpholine rings is 1. The third-order valence-corrected chi connectivity index (χ3v) is 3.83. The fourth-order valence-corrected chi connectivity index (χ4v) is 2.39. The Bertz CT molecular complexity index is 474. The van der Waals surface area contributed by atoms with Gasteiger partial charge in [-0.2, -0.15) is 0 Å². The molecule has 21 heavy (non-hydrogen) atoms. The molecule has 2 amide bonds. The van der Waals surface area contributed by atoms with Crippen molar-refractivity contribution in [2.45, 2.75) is 32.9 Å². The Hall–Kier alpha value is -1.66. The Morgan fingerprint density at radius 2 is 2.05 bits per heavy atom. The molecule has 0 aromatic carbocycles. The molecule has 6 nitrogen and oxygen atoms in total. The Morgan fingerprint density at radius 3 is 2.71 bits per heavy atom. The standard InChI is InChI=1S/C15H24N4O2/c1-11-5-4-6-14(16-11)18-15(20)17-12(2)13(3)19-7-9-21-10-8-19/h4-6,12-13H,7-10H2,1-3H3,(H2,16,17,18,20)/t12-,13+/m0/s1. The molecule has 1 saturated heterocycles. The van der Waals surface area contributed by atoms with E-state index in [-0.39, 0.29) is 18.1 Å². The lowest BCUT2D eigenvalue weighted by Gasteiger charge is -2.35. The summed E-state index contributed by atoms with van der Waals surface area (Å²) in [7, 11) is 0. The van der Waals surface area contributed by atoms with E-state index in [9.17, 15) is 4.79 Å². The van der Waals surface area contributed by atoms with Crippen molar-refractivity contribution in [1.82, 2.24) is 15.2 Å². The second kappa shape index (κ2) is 7.38. The molecule has 0 unspecified atom stereocenters. The SMILES string of the molecule is Cc1cccc(NC(=O)N[C@@H](C)[C@@H](C)N2CCOCC2)n1. The number of hydrogen-bond donors (Lipinski definition) is 2. The van der Waals surface area contributed by atoms with Gasteiger partial charge >= 0.3 is 6.03 Å². The van der Waals surface area contributed by atoms with Crippen molar-refractivity contribution >= 4 is 11.8 Å². The summed E-state index contributed by atoms with van der Waals surface area (Å²) in [5.41, 5.74) is 0.877. The normalized spacial score (nSPS) is 18.8. The minimum atomic E-state index is -0.222. The maximum atomic E-state index is 12.0. The average molecular weight is 292 g/mol. The third-order valence-electron chi connectivity index (χ3n) is 3.83. The number of urea groups is 1. The van der Waals surface area contributed by atoms with Crippen LogP contribution in [0, 0.1) is 6.92 Å². The van der Waals surface area contributed by atoms with Crippen LogP contribution in [-0.2, 0) is 4.74 Å². The number of nitrogens with zero attached hydrogens (tertiary/aromatic N) is 2. The van der Waals surface area contributed by atoms with E-state index >= 15 is 0 Å². The monoisotopic (exact) mass is 292 g/mol. The fraction of sp³-hybridized carbons (Fsp3) is 0.600. The van der Waals surface area contributed by atoms with Crippen LogP contribution in [0.4, 0.5) is 10.6 Å². The van der Waals surface area contributed by atoms with E-state index in [4.69, 9.17) is 4.74 Å². The molecule has 0 radical (unpaired) electrons. The molecule has 1 fully saturated rings. The van der Waals surface area contributed by atoms with Crippen LogP contribution in [0.3, 0.4) is 0 Å². The average Bonchev–Trinajstić information content (AvgIpc) is 2.47. The molecule has 1 aliphatic rings. The maximum Gasteiger partial charge on any atom is 0.320 e. The Labute approximate surface area is 125 Å². The summed E-state index contributed by atoms with van der Waals surface area (Å²) in [4.78, 5) is 18.6. The van der Waals surface area contributed by atoms with Crippen LogP contribution in [-0.4, -0.2) is 54.3 Å². The van der Waals surface area contributed by atoms with Crippen LogP contribution < -0.4 is 10.6 Å². The van der Waals surface area contributed by atoms with Gasteiger partial charge in [0.25, 0.3) is 0 Å². The van der Waals surface area contributed by atoms with Gasteiger partial charge in [0.15, 0.2) is 0 Å². The van der Waals surface area contributed by atoms with Crippen LogP contribution in [0.2, 0.25) is 0 Å². The van der Waals surface area contributed by atoms with Gasteiger partial charge in [-0.3, -0.25) is 10.2 Å². The van der Waals surface area contributed by atoms with Crippen LogP contribution in [0.15, 0.2) is 18.2 Å². The van der Waals surface area contributed by atoms with Crippen molar-refractivity contribution < 1.29 is 9.53 Å². The van der Waals surface area contributed by atoms with E-state index in [1.807, 2.05) is 26.0 Å². The zero-order chi connectivity index (χ0) is 15.2. The highest BCUT2D eigenvalue weighted by Crippen LogP contribution is 2.08. The van der Waals surface area contributed by atoms with Gasteiger partial charge < -0.3 is 10.1 Å². The van der Waals surface area contributed by atoms with Crippen molar-refractivity contribution in [3.05, 3.63) is 23.9 Å². The Morgan fingerprint density at radius 1 is 1.33 bits per heavy atom. The zero-order valence-electron chi connectivity index (χ0n) is 12.9. The van der Waals surface area contributed by atoms with Crippen molar-refractivity contribution in [2.24, 2.45) is 0 Å². The number of aryl methyl sites for hydroxylation is 1. The number of nitrogens with one attached hydrogen (secondary N) is 2. The van der Waals surface area contributed by atoms with Crippen molar-refractivity contribution in [3.8, 4) is 0 Å². The highest BCUT2D eigenvalue weighted by molar-refractivity contribution is 5.88. The van der Waals surface area contributed by atoms with E-state index < -0.39 is 0 Å². The molecule has 2 heterocycles. The van der Waals surface area contributed by atoms with Gasteiger partial charge in [0, 0.05) is 30.9 Å². The van der Waals surface area contributed by atoms with Crippen molar-refractivity contribution in [2.75, 3.05) is 31.6 Å². The van der Waals surface area contributed by atoms with Crippen LogP contribution in [0.25, 0.3) is 0 Å². The molecule has 6 heteroatoms. The molecule has 116 valence electrons. The maximum absolute atomic E-state index is 12.0. The van der Waals surface area contributed by atoms with E-state index in [0.717, 1.165) is 32.0 Å². The second-order valence-corrected chi connectivity index (χ2v) is 5.44. The Balaban J connectivity index is 1.83. The van der Waals surface area contributed by atoms with Gasteiger partial charge in [0.2, 0.25) is 0 Å². The lowest BCUT2D eigenvalue weighted by Crippen LogP contribution is -2.52. The highest BCUT2D eigenvalue weighted by Gasteiger charge is 2.23. The minimum absolute atomic E-state index is 0.0490. The van der Waals surface area contributed by atoms with Crippen molar-refractivity contribution in [1.29, 1.82) is 0 Å². The smallest absolute Gasteiger partial charge is 0.320 e. The van der Waals surface area contributed by atoms with E-state index in [0.29, 0.717) is 5.82 Å². The van der Waals surface area contributed by atoms with Gasteiger partial charge in [-0.15, -0.1) is 0 Å². The summed E-state index contributed by atoms with van der Waals surface area (Å²) < 4.78 is 5.35. The number of carbonyl (C=O) groups excluding carboxylic acids is 1. The number of aromatic nitrogens is 1. The number of rotatable bonds is 4. The molecule has 2 N–H and O–H groups in total. The first-order valence-electron chi connectivity index (χ1n) is 7.39. The van der Waals surface area contributed by atoms with Crippen LogP contribution in [0.5, 0.6) is 0 Å². The van der Waals surface area contributed by atoms with Gasteiger partial charge in [-0.1, -0.05) is 6.07 Å². The predicted molar refractivity (Wildman–Crippen MR) is 82.4 cm³/mol. The molecule has 0 spiro atoms. The number of carbonyl (C=O) groups is 1. The summed E-state index contributed by atoms with van der Waals surface area (Å²) in [6.07, 6.45) is 0. The van der Waals surface area contributed by atoms with Gasteiger partial charge in [0.1, 0.15) is 5.82 Å². The summed E-state index contributed by atoms with van der Waals surface area (Å²) in [6, 6.07) is 5.64. The molecule has 2 rings (SSSR count). The number of hydrogen-bond acceptors (Lipinski definition) is 4. The van der Waals surface area contributed by atoms with Gasteiger partial charge in [-0.05, 0) is 32.9 Å². The lowest BCUT2D eigenvalue weighted by atomic mass is 10.1. The summed E-state index contributed by atoms with van der Waals surface area (Å²) in [5, 5.41) is 5.74. The van der Waals surface area contributed by atoms with Gasteiger partial charge in [0.05, 0.1) is 13.2 Å². The minimum Gasteiger partial charge on any atom is -0.379 e. The highest BCUT2D eigenvalue weighted by atomic mass is 16.5. The molecule has 2 atom stereocenters. The quantitative estimate of drug-likeness (QED) is 0.885. The molecular formula is C15H24N4O2. The number of pyridine rings is 1. The summed E-state index contributed by atoms with van der Waals surface area (Å²) in [6.45, 7) is 9.38. The molecule has 0 bridgehead atoms. The molecular weight excluding hydrogens is 268 g/mol. The summed E-state index contributed by atoms with van der Waals surface area (Å²) >= 11 is 0. The molecule has 1 aromatic heterocycles. The second-order valence-electron chi connectivity index (χ2n) is 5.44. The van der Waals surface area contributed by atoms with Crippen molar-refractivity contribution in [3.63, 3.8) is 0 Å².